The molecule has 0 fully saturated rings. The van der Waals surface area contributed by atoms with E-state index in [4.69, 9.17) is 10.5 Å². The summed E-state index contributed by atoms with van der Waals surface area (Å²) in [6.07, 6.45) is 1.01. The lowest BCUT2D eigenvalue weighted by Gasteiger charge is -2.03. The average Bonchev–Trinajstić information content (AvgIpc) is 2.24. The van der Waals surface area contributed by atoms with Gasteiger partial charge in [0.05, 0.1) is 13.2 Å². The topological polar surface area (TPSA) is 35.2 Å². The van der Waals surface area contributed by atoms with E-state index in [2.05, 4.69) is 18.8 Å². The number of ether oxygens (including phenoxy) is 1. The first-order chi connectivity index (χ1) is 6.86. The SMILES string of the molecule is CCCOc1cccc(C#CCN)c1. The normalized spacial score (nSPS) is 9.00. The Balaban J connectivity index is 2.68. The number of benzene rings is 1. The molecule has 0 bridgehead atoms. The fourth-order valence-corrected chi connectivity index (χ4v) is 1.04. The molecule has 0 saturated carbocycles. The fraction of sp³-hybridized carbons (Fsp3) is 0.333. The molecule has 0 saturated heterocycles. The van der Waals surface area contributed by atoms with Crippen LogP contribution in [0.3, 0.4) is 0 Å². The second-order valence-electron chi connectivity index (χ2n) is 2.88. The highest BCUT2D eigenvalue weighted by atomic mass is 16.5. The standard InChI is InChI=1S/C12H15NO/c1-2-9-14-12-7-3-5-11(10-12)6-4-8-13/h3,5,7,10H,2,8-9,13H2,1H3. The monoisotopic (exact) mass is 189 g/mol. The van der Waals surface area contributed by atoms with Gasteiger partial charge >= 0.3 is 0 Å². The lowest BCUT2D eigenvalue weighted by Crippen LogP contribution is -1.95. The van der Waals surface area contributed by atoms with Crippen molar-refractivity contribution in [2.24, 2.45) is 5.73 Å². The summed E-state index contributed by atoms with van der Waals surface area (Å²) in [6, 6.07) is 7.74. The van der Waals surface area contributed by atoms with Crippen molar-refractivity contribution >= 4 is 0 Å². The predicted octanol–water partition coefficient (Wildman–Crippen LogP) is 1.79. The molecule has 0 heterocycles. The molecular weight excluding hydrogens is 174 g/mol. The van der Waals surface area contributed by atoms with Crippen LogP contribution in [0.2, 0.25) is 0 Å². The minimum atomic E-state index is 0.389. The lowest BCUT2D eigenvalue weighted by atomic mass is 10.2. The molecule has 0 radical (unpaired) electrons. The van der Waals surface area contributed by atoms with Crippen LogP contribution in [0, 0.1) is 11.8 Å². The first kappa shape index (κ1) is 10.6. The summed E-state index contributed by atoms with van der Waals surface area (Å²) in [5, 5.41) is 0. The lowest BCUT2D eigenvalue weighted by molar-refractivity contribution is 0.317. The highest BCUT2D eigenvalue weighted by Crippen LogP contribution is 2.12. The van der Waals surface area contributed by atoms with Gasteiger partial charge in [-0.15, -0.1) is 0 Å². The molecule has 2 heteroatoms. The van der Waals surface area contributed by atoms with Gasteiger partial charge in [-0.2, -0.15) is 0 Å². The predicted molar refractivity (Wildman–Crippen MR) is 58.2 cm³/mol. The van der Waals surface area contributed by atoms with Crippen LogP contribution in [0.4, 0.5) is 0 Å². The molecule has 1 rings (SSSR count). The third-order valence-corrected chi connectivity index (χ3v) is 1.64. The van der Waals surface area contributed by atoms with Gasteiger partial charge in [-0.3, -0.25) is 0 Å². The first-order valence-corrected chi connectivity index (χ1v) is 4.78. The van der Waals surface area contributed by atoms with E-state index >= 15 is 0 Å². The molecular formula is C12H15NO. The van der Waals surface area contributed by atoms with Gasteiger partial charge in [-0.25, -0.2) is 0 Å². The maximum absolute atomic E-state index is 5.48. The highest BCUT2D eigenvalue weighted by Gasteiger charge is 1.92. The van der Waals surface area contributed by atoms with Gasteiger partial charge in [0.25, 0.3) is 0 Å². The zero-order valence-corrected chi connectivity index (χ0v) is 8.42. The summed E-state index contributed by atoms with van der Waals surface area (Å²) in [6.45, 7) is 3.21. The number of nitrogens with two attached hydrogens (primary N) is 1. The third-order valence-electron chi connectivity index (χ3n) is 1.64. The molecule has 74 valence electrons. The quantitative estimate of drug-likeness (QED) is 0.736. The Morgan fingerprint density at radius 3 is 3.00 bits per heavy atom. The molecule has 0 aliphatic rings. The number of hydrogen-bond donors (Lipinski definition) is 1. The Morgan fingerprint density at radius 1 is 1.43 bits per heavy atom. The Hall–Kier alpha value is -1.46. The summed E-state index contributed by atoms with van der Waals surface area (Å²) >= 11 is 0. The molecule has 2 nitrogen and oxygen atoms in total. The largest absolute Gasteiger partial charge is 0.494 e. The molecule has 0 atom stereocenters. The van der Waals surface area contributed by atoms with Crippen molar-refractivity contribution in [3.05, 3.63) is 29.8 Å². The second-order valence-corrected chi connectivity index (χ2v) is 2.88. The maximum atomic E-state index is 5.48. The van der Waals surface area contributed by atoms with Crippen molar-refractivity contribution in [1.29, 1.82) is 0 Å². The molecule has 0 aliphatic carbocycles. The van der Waals surface area contributed by atoms with Gasteiger partial charge in [-0.1, -0.05) is 24.8 Å². The zero-order chi connectivity index (χ0) is 10.2. The Bertz CT molecular complexity index is 336. The van der Waals surface area contributed by atoms with Crippen molar-refractivity contribution in [3.8, 4) is 17.6 Å². The van der Waals surface area contributed by atoms with Gasteiger partial charge in [-0.05, 0) is 24.6 Å². The van der Waals surface area contributed by atoms with Crippen LogP contribution >= 0.6 is 0 Å². The summed E-state index contributed by atoms with van der Waals surface area (Å²) in [7, 11) is 0. The van der Waals surface area contributed by atoms with Crippen molar-refractivity contribution < 1.29 is 4.74 Å². The highest BCUT2D eigenvalue weighted by molar-refractivity contribution is 5.39. The van der Waals surface area contributed by atoms with E-state index < -0.39 is 0 Å². The number of hydrogen-bond acceptors (Lipinski definition) is 2. The maximum Gasteiger partial charge on any atom is 0.120 e. The van der Waals surface area contributed by atoms with E-state index in [0.29, 0.717) is 6.54 Å². The van der Waals surface area contributed by atoms with E-state index in [1.807, 2.05) is 24.3 Å². The zero-order valence-electron chi connectivity index (χ0n) is 8.42. The van der Waals surface area contributed by atoms with Crippen LogP contribution in [-0.4, -0.2) is 13.2 Å². The van der Waals surface area contributed by atoms with Gasteiger partial charge in [0.2, 0.25) is 0 Å². The van der Waals surface area contributed by atoms with Gasteiger partial charge in [0.1, 0.15) is 5.75 Å². The molecule has 14 heavy (non-hydrogen) atoms. The van der Waals surface area contributed by atoms with Crippen LogP contribution in [-0.2, 0) is 0 Å². The number of rotatable bonds is 3. The van der Waals surface area contributed by atoms with Gasteiger partial charge in [0, 0.05) is 5.56 Å². The van der Waals surface area contributed by atoms with E-state index in [1.54, 1.807) is 0 Å². The molecule has 0 aromatic heterocycles. The van der Waals surface area contributed by atoms with Crippen molar-refractivity contribution in [1.82, 2.24) is 0 Å². The van der Waals surface area contributed by atoms with Crippen molar-refractivity contribution in [2.75, 3.05) is 13.2 Å². The van der Waals surface area contributed by atoms with Crippen LogP contribution in [0.25, 0.3) is 0 Å². The molecule has 0 spiro atoms. The Kier molecular flexibility index (Phi) is 4.60. The van der Waals surface area contributed by atoms with E-state index in [9.17, 15) is 0 Å². The third kappa shape index (κ3) is 3.51. The van der Waals surface area contributed by atoms with Crippen LogP contribution in [0.15, 0.2) is 24.3 Å². The Labute approximate surface area is 85.1 Å². The minimum absolute atomic E-state index is 0.389. The van der Waals surface area contributed by atoms with E-state index in [0.717, 1.165) is 24.3 Å². The molecule has 0 unspecified atom stereocenters. The molecule has 1 aromatic carbocycles. The minimum Gasteiger partial charge on any atom is -0.494 e. The van der Waals surface area contributed by atoms with Crippen molar-refractivity contribution in [3.63, 3.8) is 0 Å². The summed E-state index contributed by atoms with van der Waals surface area (Å²) in [5.41, 5.74) is 6.24. The van der Waals surface area contributed by atoms with E-state index in [1.165, 1.54) is 0 Å². The molecule has 2 N–H and O–H groups in total. The molecule has 0 aliphatic heterocycles. The average molecular weight is 189 g/mol. The first-order valence-electron chi connectivity index (χ1n) is 4.78. The van der Waals surface area contributed by atoms with Crippen LogP contribution in [0.5, 0.6) is 5.75 Å². The van der Waals surface area contributed by atoms with Gasteiger partial charge < -0.3 is 10.5 Å². The van der Waals surface area contributed by atoms with Gasteiger partial charge in [0.15, 0.2) is 0 Å². The summed E-state index contributed by atoms with van der Waals surface area (Å²) in [4.78, 5) is 0. The molecule has 0 amide bonds. The van der Waals surface area contributed by atoms with Crippen molar-refractivity contribution in [2.45, 2.75) is 13.3 Å². The van der Waals surface area contributed by atoms with Crippen LogP contribution in [0.1, 0.15) is 18.9 Å². The van der Waals surface area contributed by atoms with E-state index in [-0.39, 0.29) is 0 Å². The summed E-state index contributed by atoms with van der Waals surface area (Å²) in [5.74, 6) is 6.65. The smallest absolute Gasteiger partial charge is 0.120 e. The summed E-state index contributed by atoms with van der Waals surface area (Å²) < 4.78 is 5.48. The fourth-order valence-electron chi connectivity index (χ4n) is 1.04. The molecule has 1 aromatic rings. The van der Waals surface area contributed by atoms with Crippen LogP contribution < -0.4 is 10.5 Å². The Morgan fingerprint density at radius 2 is 2.29 bits per heavy atom. The second kappa shape index (κ2) is 6.06.